The summed E-state index contributed by atoms with van der Waals surface area (Å²) in [5.41, 5.74) is 3.58. The largest absolute Gasteiger partial charge is 0.437 e. The summed E-state index contributed by atoms with van der Waals surface area (Å²) in [7, 11) is 0. The van der Waals surface area contributed by atoms with E-state index in [1.807, 2.05) is 77.3 Å². The van der Waals surface area contributed by atoms with Crippen LogP contribution in [0, 0.1) is 6.92 Å². The van der Waals surface area contributed by atoms with Crippen molar-refractivity contribution in [1.82, 2.24) is 24.6 Å². The molecular formula is C27H27N5O2. The first-order chi connectivity index (χ1) is 16.7. The predicted molar refractivity (Wildman–Crippen MR) is 129 cm³/mol. The molecule has 0 radical (unpaired) electrons. The van der Waals surface area contributed by atoms with Gasteiger partial charge in [-0.1, -0.05) is 36.4 Å². The highest BCUT2D eigenvalue weighted by Gasteiger charge is 2.28. The topological polar surface area (TPSA) is 73.1 Å². The normalized spacial score (nSPS) is 15.8. The van der Waals surface area contributed by atoms with Gasteiger partial charge < -0.3 is 9.64 Å². The highest BCUT2D eigenvalue weighted by molar-refractivity contribution is 5.95. The fourth-order valence-electron chi connectivity index (χ4n) is 4.40. The van der Waals surface area contributed by atoms with Gasteiger partial charge in [0.2, 0.25) is 5.88 Å². The van der Waals surface area contributed by atoms with Gasteiger partial charge in [-0.15, -0.1) is 0 Å². The van der Waals surface area contributed by atoms with E-state index in [-0.39, 0.29) is 11.8 Å². The summed E-state index contributed by atoms with van der Waals surface area (Å²) < 4.78 is 7.82. The van der Waals surface area contributed by atoms with Crippen LogP contribution in [0.4, 0.5) is 0 Å². The molecule has 7 nitrogen and oxygen atoms in total. The lowest BCUT2D eigenvalue weighted by molar-refractivity contribution is 0.0704. The Labute approximate surface area is 199 Å². The Bertz CT molecular complexity index is 1270. The molecule has 4 aromatic rings. The van der Waals surface area contributed by atoms with Gasteiger partial charge in [-0.2, -0.15) is 5.10 Å². The molecule has 0 aliphatic carbocycles. The monoisotopic (exact) mass is 453 g/mol. The molecule has 1 unspecified atom stereocenters. The average Bonchev–Trinajstić information content (AvgIpc) is 3.39. The third-order valence-corrected chi connectivity index (χ3v) is 6.21. The van der Waals surface area contributed by atoms with Crippen LogP contribution in [0.25, 0.3) is 0 Å². The van der Waals surface area contributed by atoms with Crippen molar-refractivity contribution in [2.24, 2.45) is 0 Å². The zero-order chi connectivity index (χ0) is 23.3. The lowest BCUT2D eigenvalue weighted by Crippen LogP contribution is -2.39. The van der Waals surface area contributed by atoms with Crippen molar-refractivity contribution >= 4 is 5.91 Å². The number of amides is 1. The van der Waals surface area contributed by atoms with Gasteiger partial charge in [-0.25, -0.2) is 4.98 Å². The van der Waals surface area contributed by atoms with Gasteiger partial charge in [0.25, 0.3) is 5.91 Å². The molecule has 1 aliphatic heterocycles. The minimum Gasteiger partial charge on any atom is -0.437 e. The number of aromatic nitrogens is 4. The molecule has 1 saturated heterocycles. The Hall–Kier alpha value is -4.00. The molecule has 7 heteroatoms. The zero-order valence-corrected chi connectivity index (χ0v) is 19.2. The van der Waals surface area contributed by atoms with E-state index in [1.54, 1.807) is 18.6 Å². The number of carbonyl (C=O) groups excluding carboxylic acids is 1. The van der Waals surface area contributed by atoms with Crippen molar-refractivity contribution in [2.45, 2.75) is 32.2 Å². The molecule has 172 valence electrons. The van der Waals surface area contributed by atoms with Crippen LogP contribution in [-0.4, -0.2) is 43.6 Å². The van der Waals surface area contributed by atoms with E-state index < -0.39 is 0 Å². The van der Waals surface area contributed by atoms with Crippen LogP contribution in [0.3, 0.4) is 0 Å². The molecule has 2 aromatic heterocycles. The second-order valence-corrected chi connectivity index (χ2v) is 8.60. The summed E-state index contributed by atoms with van der Waals surface area (Å²) in [5.74, 6) is 1.40. The molecule has 0 saturated carbocycles. The molecule has 1 atom stereocenters. The molecule has 0 N–H and O–H groups in total. The summed E-state index contributed by atoms with van der Waals surface area (Å²) >= 11 is 0. The summed E-state index contributed by atoms with van der Waals surface area (Å²) in [6.07, 6.45) is 8.95. The molecule has 1 amide bonds. The van der Waals surface area contributed by atoms with Gasteiger partial charge in [0.05, 0.1) is 18.4 Å². The minimum atomic E-state index is 0.0488. The molecule has 0 bridgehead atoms. The van der Waals surface area contributed by atoms with E-state index in [9.17, 15) is 4.79 Å². The van der Waals surface area contributed by atoms with E-state index in [0.29, 0.717) is 19.0 Å². The maximum Gasteiger partial charge on any atom is 0.254 e. The number of para-hydroxylation sites is 1. The molecule has 2 aromatic carbocycles. The summed E-state index contributed by atoms with van der Waals surface area (Å²) in [4.78, 5) is 24.5. The predicted octanol–water partition coefficient (Wildman–Crippen LogP) is 4.84. The number of nitrogens with zero attached hydrogens (tertiary/aromatic N) is 5. The second kappa shape index (κ2) is 9.87. The Balaban J connectivity index is 1.32. The molecule has 1 aliphatic rings. The summed E-state index contributed by atoms with van der Waals surface area (Å²) in [5, 5.41) is 4.28. The van der Waals surface area contributed by atoms with Gasteiger partial charge in [0, 0.05) is 43.2 Å². The van der Waals surface area contributed by atoms with Gasteiger partial charge in [-0.3, -0.25) is 14.5 Å². The highest BCUT2D eigenvalue weighted by atomic mass is 16.5. The average molecular weight is 454 g/mol. The fraction of sp³-hybridized carbons (Fsp3) is 0.259. The van der Waals surface area contributed by atoms with Crippen LogP contribution < -0.4 is 4.74 Å². The number of rotatable bonds is 6. The van der Waals surface area contributed by atoms with Crippen LogP contribution in [-0.2, 0) is 6.54 Å². The number of carbonyl (C=O) groups is 1. The Kier molecular flexibility index (Phi) is 6.33. The molecule has 3 heterocycles. The summed E-state index contributed by atoms with van der Waals surface area (Å²) in [6, 6.07) is 17.5. The quantitative estimate of drug-likeness (QED) is 0.418. The van der Waals surface area contributed by atoms with E-state index >= 15 is 0 Å². The fourth-order valence-corrected chi connectivity index (χ4v) is 4.40. The highest BCUT2D eigenvalue weighted by Crippen LogP contribution is 2.29. The number of hydrogen-bond acceptors (Lipinski definition) is 5. The lowest BCUT2D eigenvalue weighted by Gasteiger charge is -2.33. The van der Waals surface area contributed by atoms with E-state index in [4.69, 9.17) is 9.72 Å². The molecule has 1 fully saturated rings. The number of likely N-dealkylation sites (tertiary alicyclic amines) is 1. The first kappa shape index (κ1) is 21.8. The maximum atomic E-state index is 13.5. The van der Waals surface area contributed by atoms with E-state index in [1.165, 1.54) is 0 Å². The SMILES string of the molecule is Cc1ccccc1Oc1cncc(C2CCCN(C(=O)c3ccccc3Cn3cccn3)C2)n1. The van der Waals surface area contributed by atoms with Gasteiger partial charge in [-0.05, 0) is 49.1 Å². The third-order valence-electron chi connectivity index (χ3n) is 6.21. The lowest BCUT2D eigenvalue weighted by atomic mass is 9.94. The van der Waals surface area contributed by atoms with Crippen LogP contribution >= 0.6 is 0 Å². The van der Waals surface area contributed by atoms with Crippen molar-refractivity contribution in [3.63, 3.8) is 0 Å². The number of hydrogen-bond donors (Lipinski definition) is 0. The standard InChI is InChI=1S/C27H27N5O2/c1-20-8-2-5-12-25(20)34-26-17-28-16-24(30-26)22-10-6-14-31(18-22)27(33)23-11-4-3-9-21(23)19-32-15-7-13-29-32/h2-5,7-9,11-13,15-17,22H,6,10,14,18-19H2,1H3. The van der Waals surface area contributed by atoms with Gasteiger partial charge in [0.15, 0.2) is 0 Å². The maximum absolute atomic E-state index is 13.5. The van der Waals surface area contributed by atoms with E-state index in [2.05, 4.69) is 10.1 Å². The van der Waals surface area contributed by atoms with Crippen LogP contribution in [0.5, 0.6) is 11.6 Å². The van der Waals surface area contributed by atoms with Crippen molar-refractivity contribution in [3.8, 4) is 11.6 Å². The molecule has 5 rings (SSSR count). The first-order valence-corrected chi connectivity index (χ1v) is 11.6. The van der Waals surface area contributed by atoms with Crippen LogP contribution in [0.1, 0.15) is 45.9 Å². The van der Waals surface area contributed by atoms with Crippen LogP contribution in [0.15, 0.2) is 79.4 Å². The molecule has 34 heavy (non-hydrogen) atoms. The van der Waals surface area contributed by atoms with E-state index in [0.717, 1.165) is 47.5 Å². The second-order valence-electron chi connectivity index (χ2n) is 8.60. The minimum absolute atomic E-state index is 0.0488. The van der Waals surface area contributed by atoms with Gasteiger partial charge in [0.1, 0.15) is 5.75 Å². The molecule has 0 spiro atoms. The van der Waals surface area contributed by atoms with Crippen molar-refractivity contribution in [2.75, 3.05) is 13.1 Å². The van der Waals surface area contributed by atoms with Crippen molar-refractivity contribution in [3.05, 3.63) is 102 Å². The Morgan fingerprint density at radius 2 is 1.94 bits per heavy atom. The Morgan fingerprint density at radius 3 is 2.79 bits per heavy atom. The Morgan fingerprint density at radius 1 is 1.09 bits per heavy atom. The molecular weight excluding hydrogens is 426 g/mol. The third kappa shape index (κ3) is 4.83. The van der Waals surface area contributed by atoms with Gasteiger partial charge >= 0.3 is 0 Å². The smallest absolute Gasteiger partial charge is 0.254 e. The first-order valence-electron chi connectivity index (χ1n) is 11.6. The number of ether oxygens (including phenoxy) is 1. The summed E-state index contributed by atoms with van der Waals surface area (Å²) in [6.45, 7) is 3.91. The number of piperidine rings is 1. The van der Waals surface area contributed by atoms with Crippen molar-refractivity contribution < 1.29 is 9.53 Å². The number of benzene rings is 2. The van der Waals surface area contributed by atoms with Crippen molar-refractivity contribution in [1.29, 1.82) is 0 Å². The van der Waals surface area contributed by atoms with Crippen LogP contribution in [0.2, 0.25) is 0 Å². The number of aryl methyl sites for hydroxylation is 1. The zero-order valence-electron chi connectivity index (χ0n) is 19.2.